The first-order valence-electron chi connectivity index (χ1n) is 2.70. The monoisotopic (exact) mass is 115 g/mol. The van der Waals surface area contributed by atoms with E-state index < -0.39 is 0 Å². The Morgan fingerprint density at radius 3 is 2.62 bits per heavy atom. The lowest BCUT2D eigenvalue weighted by Crippen LogP contribution is -2.19. The number of rotatable bonds is 2. The van der Waals surface area contributed by atoms with E-state index in [9.17, 15) is 4.79 Å². The van der Waals surface area contributed by atoms with Crippen LogP contribution in [0.5, 0.6) is 0 Å². The molecular weight excluding hydrogens is 106 g/mol. The summed E-state index contributed by atoms with van der Waals surface area (Å²) in [4.78, 5) is 10.2. The summed E-state index contributed by atoms with van der Waals surface area (Å²) in [5.74, 6) is -0.336. The van der Waals surface area contributed by atoms with E-state index >= 15 is 0 Å². The normalized spacial score (nSPS) is 34.6. The summed E-state index contributed by atoms with van der Waals surface area (Å²) in [7, 11) is 0. The molecule has 0 aromatic rings. The minimum absolute atomic E-state index is 0.118. The molecule has 0 aromatic heterocycles. The van der Waals surface area contributed by atoms with Gasteiger partial charge in [0.15, 0.2) is 6.10 Å². The molecule has 1 fully saturated rings. The fraction of sp³-hybridized carbons (Fsp3) is 0.800. The van der Waals surface area contributed by atoms with E-state index in [1.165, 1.54) is 0 Å². The first-order chi connectivity index (χ1) is 3.75. The van der Waals surface area contributed by atoms with Crippen molar-refractivity contribution in [3.63, 3.8) is 0 Å². The van der Waals surface area contributed by atoms with Crippen LogP contribution in [0.1, 0.15) is 13.3 Å². The Balaban J connectivity index is 2.26. The molecule has 0 aromatic carbocycles. The molecule has 1 aliphatic heterocycles. The van der Waals surface area contributed by atoms with Gasteiger partial charge in [-0.15, -0.1) is 0 Å². The Bertz CT molecular complexity index is 113. The van der Waals surface area contributed by atoms with Crippen LogP contribution in [0, 0.1) is 0 Å². The van der Waals surface area contributed by atoms with Crippen LogP contribution in [0.3, 0.4) is 0 Å². The van der Waals surface area contributed by atoms with Crippen LogP contribution < -0.4 is 5.73 Å². The van der Waals surface area contributed by atoms with E-state index in [0.717, 1.165) is 6.42 Å². The van der Waals surface area contributed by atoms with Crippen molar-refractivity contribution in [1.29, 1.82) is 0 Å². The van der Waals surface area contributed by atoms with Gasteiger partial charge in [-0.2, -0.15) is 0 Å². The van der Waals surface area contributed by atoms with E-state index in [2.05, 4.69) is 0 Å². The Morgan fingerprint density at radius 1 is 1.88 bits per heavy atom. The van der Waals surface area contributed by atoms with E-state index in [1.807, 2.05) is 6.92 Å². The maximum Gasteiger partial charge on any atom is 0.249 e. The van der Waals surface area contributed by atoms with Crippen LogP contribution >= 0.6 is 0 Å². The van der Waals surface area contributed by atoms with Crippen LogP contribution in [0.4, 0.5) is 0 Å². The maximum absolute atomic E-state index is 10.2. The summed E-state index contributed by atoms with van der Waals surface area (Å²) in [6, 6.07) is 0. The second kappa shape index (κ2) is 1.74. The molecule has 1 rings (SSSR count). The highest BCUT2D eigenvalue weighted by atomic mass is 16.6. The van der Waals surface area contributed by atoms with E-state index in [-0.39, 0.29) is 18.1 Å². The van der Waals surface area contributed by atoms with Crippen molar-refractivity contribution in [2.45, 2.75) is 25.6 Å². The first kappa shape index (κ1) is 5.56. The summed E-state index contributed by atoms with van der Waals surface area (Å²) >= 11 is 0. The zero-order chi connectivity index (χ0) is 6.15. The summed E-state index contributed by atoms with van der Waals surface area (Å²) in [5, 5.41) is 0. The maximum atomic E-state index is 10.2. The van der Waals surface area contributed by atoms with Gasteiger partial charge in [-0.3, -0.25) is 4.79 Å². The van der Waals surface area contributed by atoms with Crippen LogP contribution in [0.2, 0.25) is 0 Å². The quantitative estimate of drug-likeness (QED) is 0.500. The van der Waals surface area contributed by atoms with Gasteiger partial charge in [-0.1, -0.05) is 6.92 Å². The second-order valence-electron chi connectivity index (χ2n) is 1.91. The van der Waals surface area contributed by atoms with Crippen molar-refractivity contribution in [2.24, 2.45) is 5.73 Å². The van der Waals surface area contributed by atoms with E-state index in [1.54, 1.807) is 0 Å². The van der Waals surface area contributed by atoms with Crippen molar-refractivity contribution >= 4 is 5.91 Å². The second-order valence-corrected chi connectivity index (χ2v) is 1.91. The Morgan fingerprint density at radius 2 is 2.50 bits per heavy atom. The molecule has 0 spiro atoms. The van der Waals surface area contributed by atoms with Gasteiger partial charge in [0.25, 0.3) is 0 Å². The Hall–Kier alpha value is -0.570. The standard InChI is InChI=1S/C5H9NO2/c1-2-3-4(8-3)5(6)7/h3-4H,2H2,1H3,(H2,6,7). The lowest BCUT2D eigenvalue weighted by Gasteiger charge is -1.79. The molecule has 0 radical (unpaired) electrons. The topological polar surface area (TPSA) is 55.6 Å². The molecule has 46 valence electrons. The van der Waals surface area contributed by atoms with Gasteiger partial charge in [-0.25, -0.2) is 0 Å². The molecule has 8 heavy (non-hydrogen) atoms. The summed E-state index contributed by atoms with van der Waals surface area (Å²) in [6.07, 6.45) is 0.723. The van der Waals surface area contributed by atoms with E-state index in [0.29, 0.717) is 0 Å². The number of hydrogen-bond acceptors (Lipinski definition) is 2. The van der Waals surface area contributed by atoms with Crippen molar-refractivity contribution < 1.29 is 9.53 Å². The summed E-state index contributed by atoms with van der Waals surface area (Å²) < 4.78 is 4.85. The highest BCUT2D eigenvalue weighted by molar-refractivity contribution is 5.81. The third-order valence-electron chi connectivity index (χ3n) is 1.27. The average Bonchev–Trinajstić information content (AvgIpc) is 2.42. The van der Waals surface area contributed by atoms with Gasteiger partial charge in [0, 0.05) is 0 Å². The fourth-order valence-corrected chi connectivity index (χ4v) is 0.704. The molecule has 3 heteroatoms. The number of amides is 1. The molecule has 3 nitrogen and oxygen atoms in total. The molecule has 2 atom stereocenters. The van der Waals surface area contributed by atoms with Gasteiger partial charge in [0.05, 0.1) is 6.10 Å². The zero-order valence-corrected chi connectivity index (χ0v) is 4.76. The van der Waals surface area contributed by atoms with Crippen LogP contribution in [-0.4, -0.2) is 18.1 Å². The van der Waals surface area contributed by atoms with Gasteiger partial charge >= 0.3 is 0 Å². The molecule has 1 amide bonds. The number of nitrogens with two attached hydrogens (primary N) is 1. The number of primary amides is 1. The molecule has 1 aliphatic rings. The van der Waals surface area contributed by atoms with Gasteiger partial charge < -0.3 is 10.5 Å². The molecule has 1 heterocycles. The molecule has 1 saturated heterocycles. The lowest BCUT2D eigenvalue weighted by molar-refractivity contribution is -0.119. The number of hydrogen-bond donors (Lipinski definition) is 1. The predicted octanol–water partition coefficient (Wildman–Crippen LogP) is -0.351. The number of ether oxygens (including phenoxy) is 1. The highest BCUT2D eigenvalue weighted by Crippen LogP contribution is 2.23. The molecule has 0 saturated carbocycles. The van der Waals surface area contributed by atoms with E-state index in [4.69, 9.17) is 10.5 Å². The number of carbonyl (C=O) groups excluding carboxylic acids is 1. The lowest BCUT2D eigenvalue weighted by atomic mass is 10.2. The summed E-state index contributed by atoms with van der Waals surface area (Å²) in [6.45, 7) is 1.97. The van der Waals surface area contributed by atoms with Gasteiger partial charge in [-0.05, 0) is 6.42 Å². The van der Waals surface area contributed by atoms with Gasteiger partial charge in [0.1, 0.15) is 0 Å². The molecule has 0 bridgehead atoms. The molecule has 2 unspecified atom stereocenters. The Labute approximate surface area is 47.8 Å². The van der Waals surface area contributed by atoms with Crippen LogP contribution in [0.15, 0.2) is 0 Å². The van der Waals surface area contributed by atoms with Crippen LogP contribution in [-0.2, 0) is 9.53 Å². The largest absolute Gasteiger partial charge is 0.367 e. The fourth-order valence-electron chi connectivity index (χ4n) is 0.704. The Kier molecular flexibility index (Phi) is 1.21. The van der Waals surface area contributed by atoms with Gasteiger partial charge in [0.2, 0.25) is 5.91 Å². The van der Waals surface area contributed by atoms with Crippen molar-refractivity contribution in [3.05, 3.63) is 0 Å². The number of epoxide rings is 1. The molecule has 0 aliphatic carbocycles. The number of carbonyl (C=O) groups is 1. The third-order valence-corrected chi connectivity index (χ3v) is 1.27. The molecular formula is C5H9NO2. The molecule has 2 N–H and O–H groups in total. The summed E-state index contributed by atoms with van der Waals surface area (Å²) in [5.41, 5.74) is 4.90. The minimum atomic E-state index is -0.336. The minimum Gasteiger partial charge on any atom is -0.367 e. The first-order valence-corrected chi connectivity index (χ1v) is 2.70. The smallest absolute Gasteiger partial charge is 0.249 e. The van der Waals surface area contributed by atoms with Crippen molar-refractivity contribution in [2.75, 3.05) is 0 Å². The zero-order valence-electron chi connectivity index (χ0n) is 4.76. The highest BCUT2D eigenvalue weighted by Gasteiger charge is 2.41. The average molecular weight is 115 g/mol. The SMILES string of the molecule is CCC1OC1C(N)=O. The van der Waals surface area contributed by atoms with Crippen molar-refractivity contribution in [3.8, 4) is 0 Å². The van der Waals surface area contributed by atoms with Crippen LogP contribution in [0.25, 0.3) is 0 Å². The predicted molar refractivity (Wildman–Crippen MR) is 28.1 cm³/mol. The van der Waals surface area contributed by atoms with Crippen molar-refractivity contribution in [1.82, 2.24) is 0 Å². The third kappa shape index (κ3) is 0.816.